The molecule has 2 rings (SSSR count). The van der Waals surface area contributed by atoms with Gasteiger partial charge in [-0.05, 0) is 12.1 Å². The second-order valence-electron chi connectivity index (χ2n) is 3.95. The van der Waals surface area contributed by atoms with Gasteiger partial charge in [-0.2, -0.15) is 0 Å². The minimum atomic E-state index is -1.54. The van der Waals surface area contributed by atoms with Crippen LogP contribution < -0.4 is 5.32 Å². The number of carboxylic acids is 1. The number of aromatic amines is 1. The summed E-state index contributed by atoms with van der Waals surface area (Å²) in [5.74, 6) is -3.37. The Hall–Kier alpha value is -3.23. The number of anilines is 1. The molecule has 3 N–H and O–H groups in total. The number of hydrogen-bond acceptors (Lipinski definition) is 4. The van der Waals surface area contributed by atoms with Gasteiger partial charge in [0.15, 0.2) is 0 Å². The Morgan fingerprint density at radius 2 is 2.10 bits per heavy atom. The Morgan fingerprint density at radius 1 is 1.38 bits per heavy atom. The summed E-state index contributed by atoms with van der Waals surface area (Å²) < 4.78 is 13.4. The molecule has 0 aliphatic rings. The van der Waals surface area contributed by atoms with Crippen LogP contribution in [0.25, 0.3) is 0 Å². The summed E-state index contributed by atoms with van der Waals surface area (Å²) in [6, 6.07) is 4.37. The van der Waals surface area contributed by atoms with Crippen LogP contribution in [0.1, 0.15) is 20.8 Å². The summed E-state index contributed by atoms with van der Waals surface area (Å²) in [4.78, 5) is 35.0. The molecule has 0 unspecified atom stereocenters. The maximum absolute atomic E-state index is 13.4. The summed E-state index contributed by atoms with van der Waals surface area (Å²) in [5, 5.41) is 21.6. The lowest BCUT2D eigenvalue weighted by Gasteiger charge is -2.07. The molecule has 1 aromatic heterocycles. The third-order valence-corrected chi connectivity index (χ3v) is 2.60. The van der Waals surface area contributed by atoms with Crippen molar-refractivity contribution in [1.82, 2.24) is 4.98 Å². The number of nitro groups is 1. The predicted molar refractivity (Wildman–Crippen MR) is 68.8 cm³/mol. The topological polar surface area (TPSA) is 125 Å². The molecular formula is C12H8FN3O5. The van der Waals surface area contributed by atoms with E-state index >= 15 is 0 Å². The van der Waals surface area contributed by atoms with E-state index in [0.29, 0.717) is 0 Å². The summed E-state index contributed by atoms with van der Waals surface area (Å²) >= 11 is 0. The molecule has 1 aromatic carbocycles. The van der Waals surface area contributed by atoms with Gasteiger partial charge in [-0.25, -0.2) is 9.18 Å². The van der Waals surface area contributed by atoms with Crippen LogP contribution in [0.3, 0.4) is 0 Å². The van der Waals surface area contributed by atoms with Crippen LogP contribution >= 0.6 is 0 Å². The molecular weight excluding hydrogens is 285 g/mol. The van der Waals surface area contributed by atoms with Gasteiger partial charge in [0.2, 0.25) is 0 Å². The minimum Gasteiger partial charge on any atom is -0.478 e. The Bertz CT molecular complexity index is 740. The van der Waals surface area contributed by atoms with Crippen LogP contribution in [0.2, 0.25) is 0 Å². The predicted octanol–water partition coefficient (Wildman–Crippen LogP) is 2.01. The maximum atomic E-state index is 13.4. The number of rotatable bonds is 4. The van der Waals surface area contributed by atoms with Crippen LogP contribution in [-0.4, -0.2) is 26.9 Å². The summed E-state index contributed by atoms with van der Waals surface area (Å²) in [5.41, 5.74) is -1.41. The number of aromatic nitrogens is 1. The molecule has 0 saturated heterocycles. The zero-order valence-electron chi connectivity index (χ0n) is 10.3. The van der Waals surface area contributed by atoms with E-state index in [1.807, 2.05) is 0 Å². The molecule has 1 heterocycles. The van der Waals surface area contributed by atoms with E-state index in [4.69, 9.17) is 5.11 Å². The number of hydrogen-bond donors (Lipinski definition) is 3. The molecule has 0 radical (unpaired) electrons. The Kier molecular flexibility index (Phi) is 3.65. The van der Waals surface area contributed by atoms with E-state index in [-0.39, 0.29) is 17.1 Å². The van der Waals surface area contributed by atoms with E-state index in [1.165, 1.54) is 12.1 Å². The molecule has 0 fully saturated rings. The molecule has 1 amide bonds. The first-order chi connectivity index (χ1) is 9.90. The van der Waals surface area contributed by atoms with Gasteiger partial charge in [0.1, 0.15) is 17.1 Å². The minimum absolute atomic E-state index is 0.151. The largest absolute Gasteiger partial charge is 0.478 e. The fraction of sp³-hybridized carbons (Fsp3) is 0. The van der Waals surface area contributed by atoms with Gasteiger partial charge in [0, 0.05) is 6.07 Å². The van der Waals surface area contributed by atoms with E-state index in [1.54, 1.807) is 0 Å². The second kappa shape index (κ2) is 5.41. The van der Waals surface area contributed by atoms with Crippen molar-refractivity contribution in [3.8, 4) is 0 Å². The van der Waals surface area contributed by atoms with Gasteiger partial charge in [-0.3, -0.25) is 14.9 Å². The molecule has 0 aliphatic carbocycles. The summed E-state index contributed by atoms with van der Waals surface area (Å²) in [6.07, 6.45) is 1.01. The highest BCUT2D eigenvalue weighted by Crippen LogP contribution is 2.20. The average molecular weight is 293 g/mol. The highest BCUT2D eigenvalue weighted by atomic mass is 19.1. The maximum Gasteiger partial charge on any atom is 0.340 e. The zero-order valence-corrected chi connectivity index (χ0v) is 10.3. The van der Waals surface area contributed by atoms with E-state index in [0.717, 1.165) is 18.3 Å². The Morgan fingerprint density at radius 3 is 2.67 bits per heavy atom. The molecule has 0 bridgehead atoms. The fourth-order valence-electron chi connectivity index (χ4n) is 1.65. The number of H-pyrrole nitrogens is 1. The molecule has 0 aliphatic heterocycles. The van der Waals surface area contributed by atoms with Crippen LogP contribution in [0.15, 0.2) is 30.5 Å². The third kappa shape index (κ3) is 2.86. The van der Waals surface area contributed by atoms with E-state index in [2.05, 4.69) is 10.3 Å². The highest BCUT2D eigenvalue weighted by Gasteiger charge is 2.19. The summed E-state index contributed by atoms with van der Waals surface area (Å²) in [7, 11) is 0. The number of carbonyl (C=O) groups excluding carboxylic acids is 1. The smallest absolute Gasteiger partial charge is 0.340 e. The first kappa shape index (κ1) is 14.2. The number of halogens is 1. The number of nitrogens with zero attached hydrogens (tertiary/aromatic N) is 1. The molecule has 9 heteroatoms. The summed E-state index contributed by atoms with van der Waals surface area (Å²) in [6.45, 7) is 0. The molecule has 108 valence electrons. The van der Waals surface area contributed by atoms with Gasteiger partial charge in [0.05, 0.1) is 16.8 Å². The number of amides is 1. The normalized spacial score (nSPS) is 10.1. The van der Waals surface area contributed by atoms with Crippen molar-refractivity contribution in [2.45, 2.75) is 0 Å². The van der Waals surface area contributed by atoms with Crippen LogP contribution in [0.5, 0.6) is 0 Å². The Labute approximate surface area is 116 Å². The van der Waals surface area contributed by atoms with Crippen LogP contribution in [-0.2, 0) is 0 Å². The molecule has 21 heavy (non-hydrogen) atoms. The monoisotopic (exact) mass is 293 g/mol. The van der Waals surface area contributed by atoms with Gasteiger partial charge >= 0.3 is 5.97 Å². The molecule has 0 atom stereocenters. The quantitative estimate of drug-likeness (QED) is 0.587. The van der Waals surface area contributed by atoms with Crippen molar-refractivity contribution in [2.75, 3.05) is 5.32 Å². The number of nitrogens with one attached hydrogen (secondary N) is 2. The molecule has 8 nitrogen and oxygen atoms in total. The van der Waals surface area contributed by atoms with E-state index < -0.39 is 28.2 Å². The first-order valence-electron chi connectivity index (χ1n) is 5.56. The number of carbonyl (C=O) groups is 2. The highest BCUT2D eigenvalue weighted by molar-refractivity contribution is 6.07. The third-order valence-electron chi connectivity index (χ3n) is 2.60. The van der Waals surface area contributed by atoms with Gasteiger partial charge in [0.25, 0.3) is 11.6 Å². The number of aromatic carboxylic acids is 1. The second-order valence-corrected chi connectivity index (χ2v) is 3.95. The first-order valence-corrected chi connectivity index (χ1v) is 5.56. The van der Waals surface area contributed by atoms with Crippen molar-refractivity contribution >= 4 is 23.3 Å². The average Bonchev–Trinajstić information content (AvgIpc) is 2.88. The lowest BCUT2D eigenvalue weighted by Crippen LogP contribution is -2.16. The van der Waals surface area contributed by atoms with Crippen molar-refractivity contribution in [3.05, 3.63) is 57.7 Å². The van der Waals surface area contributed by atoms with Crippen LogP contribution in [0, 0.1) is 15.9 Å². The zero-order chi connectivity index (χ0) is 15.6. The fourth-order valence-corrected chi connectivity index (χ4v) is 1.65. The lowest BCUT2D eigenvalue weighted by molar-refractivity contribution is -0.384. The molecule has 0 saturated carbocycles. The van der Waals surface area contributed by atoms with Crippen LogP contribution in [0.4, 0.5) is 15.8 Å². The van der Waals surface area contributed by atoms with Crippen molar-refractivity contribution in [3.63, 3.8) is 0 Å². The lowest BCUT2D eigenvalue weighted by atomic mass is 10.1. The van der Waals surface area contributed by atoms with Gasteiger partial charge < -0.3 is 15.4 Å². The number of benzene rings is 1. The van der Waals surface area contributed by atoms with E-state index in [9.17, 15) is 24.1 Å². The van der Waals surface area contributed by atoms with Crippen molar-refractivity contribution in [2.24, 2.45) is 0 Å². The number of carboxylic acid groups (broad SMARTS) is 1. The Balaban J connectivity index is 2.29. The SMILES string of the molecule is O=C(Nc1cccc(F)c1C(=O)O)c1cc([N+](=O)[O-])c[nH]1. The van der Waals surface area contributed by atoms with Gasteiger partial charge in [-0.15, -0.1) is 0 Å². The standard InChI is InChI=1S/C12H8FN3O5/c13-7-2-1-3-8(10(7)12(18)19)15-11(17)9-4-6(5-14-9)16(20)21/h1-5,14H,(H,15,17)(H,18,19). The molecule has 0 spiro atoms. The molecule has 2 aromatic rings. The van der Waals surface area contributed by atoms with Crippen molar-refractivity contribution < 1.29 is 24.0 Å². The van der Waals surface area contributed by atoms with Gasteiger partial charge in [-0.1, -0.05) is 6.07 Å². The van der Waals surface area contributed by atoms with Crippen molar-refractivity contribution in [1.29, 1.82) is 0 Å².